The highest BCUT2D eigenvalue weighted by atomic mass is 16.1. The summed E-state index contributed by atoms with van der Waals surface area (Å²) < 4.78 is 0. The molecule has 0 spiro atoms. The molecule has 2 fully saturated rings. The first kappa shape index (κ1) is 13.0. The Morgan fingerprint density at radius 3 is 2.82 bits per heavy atom. The fraction of sp³-hybridized carbons (Fsp3) is 0.929. The Morgan fingerprint density at radius 2 is 2.12 bits per heavy atom. The molecule has 0 amide bonds. The van der Waals surface area contributed by atoms with E-state index >= 15 is 0 Å². The summed E-state index contributed by atoms with van der Waals surface area (Å²) in [6, 6.07) is 0.755. The summed E-state index contributed by atoms with van der Waals surface area (Å²) in [4.78, 5) is 16.3. The van der Waals surface area contributed by atoms with Gasteiger partial charge in [0.2, 0.25) is 0 Å². The Bertz CT molecular complexity index is 269. The SMILES string of the molecule is CCC(C)(C=O)CN1CCN2CCCCC2C1. The number of fused-ring (bicyclic) bond motifs is 1. The van der Waals surface area contributed by atoms with Gasteiger partial charge in [-0.2, -0.15) is 0 Å². The minimum atomic E-state index is -0.142. The Hall–Kier alpha value is -0.410. The van der Waals surface area contributed by atoms with Crippen LogP contribution in [0.2, 0.25) is 0 Å². The van der Waals surface area contributed by atoms with Gasteiger partial charge in [0.05, 0.1) is 0 Å². The first-order valence-corrected chi connectivity index (χ1v) is 7.09. The molecule has 0 bridgehead atoms. The largest absolute Gasteiger partial charge is 0.303 e. The lowest BCUT2D eigenvalue weighted by Gasteiger charge is -2.45. The maximum Gasteiger partial charge on any atom is 0.127 e. The van der Waals surface area contributed by atoms with Gasteiger partial charge in [0.1, 0.15) is 6.29 Å². The van der Waals surface area contributed by atoms with Crippen LogP contribution in [0.15, 0.2) is 0 Å². The van der Waals surface area contributed by atoms with Gasteiger partial charge < -0.3 is 4.79 Å². The van der Waals surface area contributed by atoms with Gasteiger partial charge in [-0.15, -0.1) is 0 Å². The molecule has 2 saturated heterocycles. The van der Waals surface area contributed by atoms with Crippen LogP contribution in [0.25, 0.3) is 0 Å². The summed E-state index contributed by atoms with van der Waals surface area (Å²) in [5, 5.41) is 0. The highest BCUT2D eigenvalue weighted by Crippen LogP contribution is 2.25. The second kappa shape index (κ2) is 5.49. The van der Waals surface area contributed by atoms with Crippen molar-refractivity contribution in [3.8, 4) is 0 Å². The van der Waals surface area contributed by atoms with Crippen molar-refractivity contribution in [2.75, 3.05) is 32.7 Å². The molecule has 2 rings (SSSR count). The average molecular weight is 238 g/mol. The third-order valence-electron chi connectivity index (χ3n) is 4.60. The molecule has 2 unspecified atom stereocenters. The molecule has 0 aromatic carbocycles. The summed E-state index contributed by atoms with van der Waals surface area (Å²) in [5.74, 6) is 0. The molecular weight excluding hydrogens is 212 g/mol. The molecule has 0 N–H and O–H groups in total. The van der Waals surface area contributed by atoms with Crippen LogP contribution in [-0.2, 0) is 4.79 Å². The van der Waals surface area contributed by atoms with Crippen LogP contribution in [0, 0.1) is 5.41 Å². The lowest BCUT2D eigenvalue weighted by molar-refractivity contribution is -0.117. The van der Waals surface area contributed by atoms with E-state index in [0.29, 0.717) is 0 Å². The standard InChI is InChI=1S/C14H26N2O/c1-3-14(2,12-17)11-15-8-9-16-7-5-4-6-13(16)10-15/h12-13H,3-11H2,1-2H3. The van der Waals surface area contributed by atoms with Crippen molar-refractivity contribution >= 4 is 6.29 Å². The van der Waals surface area contributed by atoms with Gasteiger partial charge >= 0.3 is 0 Å². The normalized spacial score (nSPS) is 30.6. The van der Waals surface area contributed by atoms with Gasteiger partial charge in [0.15, 0.2) is 0 Å². The van der Waals surface area contributed by atoms with Gasteiger partial charge in [0.25, 0.3) is 0 Å². The van der Waals surface area contributed by atoms with Crippen LogP contribution < -0.4 is 0 Å². The quantitative estimate of drug-likeness (QED) is 0.697. The molecule has 0 saturated carbocycles. The monoisotopic (exact) mass is 238 g/mol. The Morgan fingerprint density at radius 1 is 1.29 bits per heavy atom. The van der Waals surface area contributed by atoms with Gasteiger partial charge in [-0.3, -0.25) is 9.80 Å². The number of piperazine rings is 1. The Labute approximate surface area is 105 Å². The second-order valence-electron chi connectivity index (χ2n) is 6.05. The van der Waals surface area contributed by atoms with E-state index in [0.717, 1.165) is 31.8 Å². The fourth-order valence-corrected chi connectivity index (χ4v) is 3.11. The Kier molecular flexibility index (Phi) is 4.21. The van der Waals surface area contributed by atoms with E-state index in [-0.39, 0.29) is 5.41 Å². The number of rotatable bonds is 4. The van der Waals surface area contributed by atoms with Crippen molar-refractivity contribution in [1.29, 1.82) is 0 Å². The number of nitrogens with zero attached hydrogens (tertiary/aromatic N) is 2. The molecule has 2 atom stereocenters. The van der Waals surface area contributed by atoms with Crippen LogP contribution in [0.1, 0.15) is 39.5 Å². The van der Waals surface area contributed by atoms with Gasteiger partial charge in [-0.1, -0.05) is 20.3 Å². The predicted molar refractivity (Wildman–Crippen MR) is 70.1 cm³/mol. The number of carbonyl (C=O) groups is 1. The number of aldehydes is 1. The fourth-order valence-electron chi connectivity index (χ4n) is 3.11. The molecule has 17 heavy (non-hydrogen) atoms. The van der Waals surface area contributed by atoms with Crippen LogP contribution in [0.4, 0.5) is 0 Å². The molecule has 98 valence electrons. The van der Waals surface area contributed by atoms with Crippen LogP contribution in [0.3, 0.4) is 0 Å². The average Bonchev–Trinajstić information content (AvgIpc) is 2.38. The van der Waals surface area contributed by atoms with Crippen LogP contribution >= 0.6 is 0 Å². The molecule has 2 heterocycles. The molecule has 2 aliphatic rings. The number of hydrogen-bond acceptors (Lipinski definition) is 3. The molecule has 2 aliphatic heterocycles. The molecule has 3 heteroatoms. The smallest absolute Gasteiger partial charge is 0.127 e. The summed E-state index contributed by atoms with van der Waals surface area (Å²) in [5.41, 5.74) is -0.142. The third kappa shape index (κ3) is 3.08. The minimum Gasteiger partial charge on any atom is -0.303 e. The maximum absolute atomic E-state index is 11.2. The lowest BCUT2D eigenvalue weighted by atomic mass is 9.88. The van der Waals surface area contributed by atoms with Crippen molar-refractivity contribution in [3.05, 3.63) is 0 Å². The summed E-state index contributed by atoms with van der Waals surface area (Å²) in [6.45, 7) is 9.94. The van der Waals surface area contributed by atoms with E-state index in [2.05, 4.69) is 23.6 Å². The van der Waals surface area contributed by atoms with E-state index in [1.54, 1.807) is 0 Å². The first-order chi connectivity index (χ1) is 8.17. The second-order valence-corrected chi connectivity index (χ2v) is 6.05. The number of hydrogen-bond donors (Lipinski definition) is 0. The molecule has 0 aliphatic carbocycles. The van der Waals surface area contributed by atoms with Crippen LogP contribution in [-0.4, -0.2) is 54.9 Å². The number of piperidine rings is 1. The highest BCUT2D eigenvalue weighted by Gasteiger charge is 2.32. The van der Waals surface area contributed by atoms with Gasteiger partial charge in [-0.25, -0.2) is 0 Å². The third-order valence-corrected chi connectivity index (χ3v) is 4.60. The van der Waals surface area contributed by atoms with Crippen LogP contribution in [0.5, 0.6) is 0 Å². The maximum atomic E-state index is 11.2. The van der Waals surface area contributed by atoms with Crippen molar-refractivity contribution in [2.45, 2.75) is 45.6 Å². The molecular formula is C14H26N2O. The van der Waals surface area contributed by atoms with Crippen molar-refractivity contribution in [1.82, 2.24) is 9.80 Å². The summed E-state index contributed by atoms with van der Waals surface area (Å²) >= 11 is 0. The molecule has 0 aromatic rings. The first-order valence-electron chi connectivity index (χ1n) is 7.09. The minimum absolute atomic E-state index is 0.142. The van der Waals surface area contributed by atoms with Gasteiger partial charge in [0, 0.05) is 37.6 Å². The summed E-state index contributed by atoms with van der Waals surface area (Å²) in [6.07, 6.45) is 6.20. The zero-order valence-electron chi connectivity index (χ0n) is 11.3. The van der Waals surface area contributed by atoms with E-state index in [4.69, 9.17) is 0 Å². The molecule has 3 nitrogen and oxygen atoms in total. The van der Waals surface area contributed by atoms with Crippen molar-refractivity contribution < 1.29 is 4.79 Å². The van der Waals surface area contributed by atoms with E-state index in [1.807, 2.05) is 0 Å². The summed E-state index contributed by atoms with van der Waals surface area (Å²) in [7, 11) is 0. The lowest BCUT2D eigenvalue weighted by Crippen LogP contribution is -2.56. The highest BCUT2D eigenvalue weighted by molar-refractivity contribution is 5.58. The van der Waals surface area contributed by atoms with Crippen molar-refractivity contribution in [3.63, 3.8) is 0 Å². The number of carbonyl (C=O) groups excluding carboxylic acids is 1. The molecule has 0 aromatic heterocycles. The van der Waals surface area contributed by atoms with E-state index < -0.39 is 0 Å². The molecule has 0 radical (unpaired) electrons. The zero-order valence-corrected chi connectivity index (χ0v) is 11.3. The predicted octanol–water partition coefficient (Wildman–Crippen LogP) is 1.77. The zero-order chi connectivity index (χ0) is 12.3. The Balaban J connectivity index is 1.89. The van der Waals surface area contributed by atoms with E-state index in [1.165, 1.54) is 38.9 Å². The van der Waals surface area contributed by atoms with E-state index in [9.17, 15) is 4.79 Å². The topological polar surface area (TPSA) is 23.6 Å². The van der Waals surface area contributed by atoms with Crippen molar-refractivity contribution in [2.24, 2.45) is 5.41 Å². The van der Waals surface area contributed by atoms with Gasteiger partial charge in [-0.05, 0) is 25.8 Å².